The van der Waals surface area contributed by atoms with Crippen molar-refractivity contribution in [3.63, 3.8) is 0 Å². The number of nitrogens with zero attached hydrogens (tertiary/aromatic N) is 3. The van der Waals surface area contributed by atoms with Crippen LogP contribution in [0.3, 0.4) is 0 Å². The summed E-state index contributed by atoms with van der Waals surface area (Å²) in [5.74, 6) is 0. The molecule has 3 heteroatoms. The molecule has 0 saturated carbocycles. The van der Waals surface area contributed by atoms with Crippen molar-refractivity contribution in [2.75, 3.05) is 0 Å². The lowest BCUT2D eigenvalue weighted by Gasteiger charge is -2.20. The van der Waals surface area contributed by atoms with E-state index in [0.29, 0.717) is 0 Å². The Labute approximate surface area is 402 Å². The standard InChI is InChI=1S/C65H55N3/c1-65(2,3)57-37-40-68-64(45-57)55-35-36-60(61(44-55)52-33-31-51(32-34-52)50-13-5-4-6-14-50)59-16-8-7-15-58(59)56-42-48(21-19-46-23-27-53(28-24-46)62-17-9-11-38-66-62)41-49(43-56)22-20-47-25-29-54(30-26-47)63-18-10-12-39-67-63/h4-18,23-45H,19-22H2,1-3H3. The first kappa shape index (κ1) is 43.9. The molecule has 0 aliphatic carbocycles. The highest BCUT2D eigenvalue weighted by molar-refractivity contribution is 5.94. The van der Waals surface area contributed by atoms with E-state index in [4.69, 9.17) is 4.98 Å². The highest BCUT2D eigenvalue weighted by Gasteiger charge is 2.18. The maximum atomic E-state index is 4.91. The van der Waals surface area contributed by atoms with Gasteiger partial charge in [-0.15, -0.1) is 0 Å². The van der Waals surface area contributed by atoms with Gasteiger partial charge in [-0.1, -0.05) is 191 Å². The van der Waals surface area contributed by atoms with E-state index in [9.17, 15) is 0 Å². The third kappa shape index (κ3) is 10.2. The number of hydrogen-bond donors (Lipinski definition) is 0. The number of benzene rings is 7. The lowest BCUT2D eigenvalue weighted by molar-refractivity contribution is 0.589. The molecular weight excluding hydrogens is 823 g/mol. The van der Waals surface area contributed by atoms with E-state index in [1.165, 1.54) is 72.3 Å². The predicted octanol–water partition coefficient (Wildman–Crippen LogP) is 16.4. The zero-order valence-corrected chi connectivity index (χ0v) is 39.1. The van der Waals surface area contributed by atoms with Gasteiger partial charge in [0.1, 0.15) is 0 Å². The Kier molecular flexibility index (Phi) is 12.8. The number of aromatic nitrogens is 3. The Morgan fingerprint density at radius 3 is 1.32 bits per heavy atom. The SMILES string of the molecule is CC(C)(C)c1ccnc(-c2ccc(-c3ccccc3-c3cc(CCc4ccc(-c5ccccn5)cc4)cc(CCc4ccc(-c5ccccn5)cc4)c3)c(-c3ccc(-c4ccccc4)cc3)c2)c1. The van der Waals surface area contributed by atoms with Gasteiger partial charge in [0.25, 0.3) is 0 Å². The molecule has 3 nitrogen and oxygen atoms in total. The fraction of sp³-hybridized carbons (Fsp3) is 0.123. The Bertz CT molecular complexity index is 3160. The van der Waals surface area contributed by atoms with Gasteiger partial charge < -0.3 is 0 Å². The van der Waals surface area contributed by atoms with E-state index in [1.54, 1.807) is 0 Å². The van der Waals surface area contributed by atoms with Crippen LogP contribution in [0.15, 0.2) is 231 Å². The first-order valence-electron chi connectivity index (χ1n) is 23.8. The fourth-order valence-electron chi connectivity index (χ4n) is 9.21. The summed E-state index contributed by atoms with van der Waals surface area (Å²) in [7, 11) is 0. The highest BCUT2D eigenvalue weighted by atomic mass is 14.7. The predicted molar refractivity (Wildman–Crippen MR) is 284 cm³/mol. The van der Waals surface area contributed by atoms with Crippen LogP contribution in [-0.2, 0) is 31.1 Å². The van der Waals surface area contributed by atoms with Gasteiger partial charge in [0.2, 0.25) is 0 Å². The second-order valence-corrected chi connectivity index (χ2v) is 18.8. The van der Waals surface area contributed by atoms with Crippen molar-refractivity contribution in [1.29, 1.82) is 0 Å². The number of pyridine rings is 3. The van der Waals surface area contributed by atoms with Crippen LogP contribution in [0, 0.1) is 0 Å². The molecule has 0 saturated heterocycles. The molecule has 0 bridgehead atoms. The van der Waals surface area contributed by atoms with Gasteiger partial charge in [-0.3, -0.25) is 15.0 Å². The quantitative estimate of drug-likeness (QED) is 0.116. The lowest BCUT2D eigenvalue weighted by atomic mass is 9.85. The molecule has 10 rings (SSSR count). The smallest absolute Gasteiger partial charge is 0.0705 e. The van der Waals surface area contributed by atoms with Crippen LogP contribution >= 0.6 is 0 Å². The molecule has 0 unspecified atom stereocenters. The molecule has 0 radical (unpaired) electrons. The van der Waals surface area contributed by atoms with Gasteiger partial charge in [0.05, 0.1) is 17.1 Å². The average molecular weight is 878 g/mol. The summed E-state index contributed by atoms with van der Waals surface area (Å²) in [4.78, 5) is 14.0. The maximum absolute atomic E-state index is 4.91. The molecule has 0 amide bonds. The Hall–Kier alpha value is -8.01. The summed E-state index contributed by atoms with van der Waals surface area (Å²) < 4.78 is 0. The van der Waals surface area contributed by atoms with Crippen LogP contribution < -0.4 is 0 Å². The topological polar surface area (TPSA) is 38.7 Å². The van der Waals surface area contributed by atoms with Gasteiger partial charge >= 0.3 is 0 Å². The van der Waals surface area contributed by atoms with E-state index < -0.39 is 0 Å². The van der Waals surface area contributed by atoms with Gasteiger partial charge in [-0.2, -0.15) is 0 Å². The van der Waals surface area contributed by atoms with Gasteiger partial charge in [-0.05, 0) is 146 Å². The molecule has 0 fully saturated rings. The molecule has 0 spiro atoms. The summed E-state index contributed by atoms with van der Waals surface area (Å²) in [6.07, 6.45) is 9.40. The molecule has 68 heavy (non-hydrogen) atoms. The minimum Gasteiger partial charge on any atom is -0.256 e. The van der Waals surface area contributed by atoms with Crippen molar-refractivity contribution in [3.05, 3.63) is 259 Å². The zero-order valence-electron chi connectivity index (χ0n) is 39.1. The van der Waals surface area contributed by atoms with E-state index in [0.717, 1.165) is 59.5 Å². The van der Waals surface area contributed by atoms with E-state index in [1.807, 2.05) is 42.9 Å². The minimum atomic E-state index is 0.00940. The highest BCUT2D eigenvalue weighted by Crippen LogP contribution is 2.41. The molecule has 0 atom stereocenters. The molecule has 330 valence electrons. The molecule has 0 aliphatic heterocycles. The number of aryl methyl sites for hydroxylation is 4. The number of rotatable bonds is 13. The van der Waals surface area contributed by atoms with Crippen molar-refractivity contribution in [2.24, 2.45) is 0 Å². The van der Waals surface area contributed by atoms with E-state index in [-0.39, 0.29) is 5.41 Å². The molecule has 3 aromatic heterocycles. The third-order valence-electron chi connectivity index (χ3n) is 13.1. The Balaban J connectivity index is 1.03. The summed E-state index contributed by atoms with van der Waals surface area (Å²) in [5.41, 5.74) is 22.5. The monoisotopic (exact) mass is 877 g/mol. The average Bonchev–Trinajstić information content (AvgIpc) is 3.40. The molecule has 0 aliphatic rings. The van der Waals surface area contributed by atoms with Crippen molar-refractivity contribution in [3.8, 4) is 78.3 Å². The van der Waals surface area contributed by atoms with Crippen molar-refractivity contribution >= 4 is 0 Å². The Morgan fingerprint density at radius 2 is 0.750 bits per heavy atom. The normalized spacial score (nSPS) is 11.4. The van der Waals surface area contributed by atoms with Crippen molar-refractivity contribution < 1.29 is 0 Å². The van der Waals surface area contributed by atoms with Crippen LogP contribution in [0.25, 0.3) is 78.3 Å². The van der Waals surface area contributed by atoms with Crippen molar-refractivity contribution in [1.82, 2.24) is 15.0 Å². The van der Waals surface area contributed by atoms with E-state index in [2.05, 4.69) is 219 Å². The summed E-state index contributed by atoms with van der Waals surface area (Å²) in [6, 6.07) is 77.2. The fourth-order valence-corrected chi connectivity index (χ4v) is 9.21. The van der Waals surface area contributed by atoms with Gasteiger partial charge in [0, 0.05) is 35.3 Å². The van der Waals surface area contributed by atoms with Crippen molar-refractivity contribution in [2.45, 2.75) is 51.9 Å². The molecule has 10 aromatic rings. The largest absolute Gasteiger partial charge is 0.256 e. The molecule has 0 N–H and O–H groups in total. The minimum absolute atomic E-state index is 0.00940. The van der Waals surface area contributed by atoms with Crippen LogP contribution in [0.4, 0.5) is 0 Å². The number of hydrogen-bond acceptors (Lipinski definition) is 3. The third-order valence-corrected chi connectivity index (χ3v) is 13.1. The summed E-state index contributed by atoms with van der Waals surface area (Å²) >= 11 is 0. The maximum Gasteiger partial charge on any atom is 0.0705 e. The summed E-state index contributed by atoms with van der Waals surface area (Å²) in [6.45, 7) is 6.78. The van der Waals surface area contributed by atoms with Crippen LogP contribution in [0.1, 0.15) is 48.6 Å². The first-order valence-corrected chi connectivity index (χ1v) is 23.8. The Morgan fingerprint density at radius 1 is 0.279 bits per heavy atom. The van der Waals surface area contributed by atoms with E-state index >= 15 is 0 Å². The second kappa shape index (κ2) is 19.8. The van der Waals surface area contributed by atoms with Crippen LogP contribution in [-0.4, -0.2) is 15.0 Å². The van der Waals surface area contributed by atoms with Gasteiger partial charge in [-0.25, -0.2) is 0 Å². The zero-order chi connectivity index (χ0) is 46.3. The molecular formula is C65H55N3. The second-order valence-electron chi connectivity index (χ2n) is 18.8. The molecule has 7 aromatic carbocycles. The van der Waals surface area contributed by atoms with Crippen LogP contribution in [0.2, 0.25) is 0 Å². The first-order chi connectivity index (χ1) is 33.3. The molecule has 3 heterocycles. The van der Waals surface area contributed by atoms with Gasteiger partial charge in [0.15, 0.2) is 0 Å². The lowest BCUT2D eigenvalue weighted by Crippen LogP contribution is -2.11. The van der Waals surface area contributed by atoms with Crippen LogP contribution in [0.5, 0.6) is 0 Å². The summed E-state index contributed by atoms with van der Waals surface area (Å²) in [5, 5.41) is 0.